The van der Waals surface area contributed by atoms with Gasteiger partial charge in [-0.15, -0.1) is 0 Å². The van der Waals surface area contributed by atoms with Gasteiger partial charge in [-0.25, -0.2) is 9.18 Å². The van der Waals surface area contributed by atoms with Crippen LogP contribution < -0.4 is 10.2 Å². The molecule has 0 amide bonds. The minimum absolute atomic E-state index is 0.253. The third-order valence-corrected chi connectivity index (χ3v) is 3.63. The van der Waals surface area contributed by atoms with Crippen molar-refractivity contribution in [1.82, 2.24) is 0 Å². The molecule has 20 heavy (non-hydrogen) atoms. The summed E-state index contributed by atoms with van der Waals surface area (Å²) in [5.74, 6) is -0.590. The van der Waals surface area contributed by atoms with Crippen LogP contribution in [0.2, 0.25) is 0 Å². The molecule has 0 bridgehead atoms. The highest BCUT2D eigenvalue weighted by atomic mass is 19.1. The molecule has 1 unspecified atom stereocenters. The van der Waals surface area contributed by atoms with Crippen LogP contribution in [0.5, 0.6) is 0 Å². The van der Waals surface area contributed by atoms with E-state index in [1.807, 2.05) is 13.0 Å². The Morgan fingerprint density at radius 2 is 2.15 bits per heavy atom. The van der Waals surface area contributed by atoms with Crippen molar-refractivity contribution in [2.45, 2.75) is 32.2 Å². The van der Waals surface area contributed by atoms with Gasteiger partial charge in [0.25, 0.3) is 0 Å². The largest absolute Gasteiger partial charge is 0.467 e. The molecule has 0 aromatic heterocycles. The van der Waals surface area contributed by atoms with Gasteiger partial charge < -0.3 is 15.0 Å². The normalized spacial score (nSPS) is 16.1. The van der Waals surface area contributed by atoms with Crippen LogP contribution in [0.1, 0.15) is 26.2 Å². The van der Waals surface area contributed by atoms with Crippen LogP contribution in [0.4, 0.5) is 15.8 Å². The Hall–Kier alpha value is -1.78. The smallest absolute Gasteiger partial charge is 0.328 e. The number of halogens is 1. The zero-order chi connectivity index (χ0) is 14.5. The minimum Gasteiger partial charge on any atom is -0.467 e. The van der Waals surface area contributed by atoms with Crippen molar-refractivity contribution in [2.75, 3.05) is 30.4 Å². The van der Waals surface area contributed by atoms with Gasteiger partial charge in [-0.2, -0.15) is 0 Å². The first kappa shape index (κ1) is 14.6. The molecule has 1 aromatic rings. The van der Waals surface area contributed by atoms with Crippen LogP contribution >= 0.6 is 0 Å². The monoisotopic (exact) mass is 280 g/mol. The van der Waals surface area contributed by atoms with Crippen molar-refractivity contribution < 1.29 is 13.9 Å². The molecular weight excluding hydrogens is 259 g/mol. The molecule has 1 aromatic carbocycles. The number of anilines is 2. The second-order valence-electron chi connectivity index (χ2n) is 4.99. The molecule has 0 radical (unpaired) electrons. The van der Waals surface area contributed by atoms with E-state index in [0.29, 0.717) is 17.8 Å². The van der Waals surface area contributed by atoms with E-state index >= 15 is 0 Å². The van der Waals surface area contributed by atoms with Crippen LogP contribution in [-0.2, 0) is 9.53 Å². The molecule has 0 aliphatic carbocycles. The number of nitrogens with zero attached hydrogens (tertiary/aromatic N) is 1. The molecule has 1 N–H and O–H groups in total. The molecule has 5 heteroatoms. The molecule has 1 atom stereocenters. The number of rotatable bonds is 5. The molecule has 4 nitrogen and oxygen atoms in total. The van der Waals surface area contributed by atoms with Crippen molar-refractivity contribution in [2.24, 2.45) is 0 Å². The number of methoxy groups -OCH3 is 1. The van der Waals surface area contributed by atoms with E-state index in [4.69, 9.17) is 4.74 Å². The molecule has 2 rings (SSSR count). The number of esters is 1. The van der Waals surface area contributed by atoms with Gasteiger partial charge in [-0.05, 0) is 37.5 Å². The average molecular weight is 280 g/mol. The number of carbonyl (C=O) groups excluding carboxylic acids is 1. The van der Waals surface area contributed by atoms with Gasteiger partial charge in [0.05, 0.1) is 12.8 Å². The maximum absolute atomic E-state index is 14.1. The number of hydrogen-bond donors (Lipinski definition) is 1. The van der Waals surface area contributed by atoms with Crippen molar-refractivity contribution >= 4 is 17.3 Å². The quantitative estimate of drug-likeness (QED) is 0.842. The molecule has 1 aliphatic rings. The summed E-state index contributed by atoms with van der Waals surface area (Å²) < 4.78 is 18.8. The highest BCUT2D eigenvalue weighted by molar-refractivity contribution is 5.79. The Morgan fingerprint density at radius 3 is 2.70 bits per heavy atom. The Bertz CT molecular complexity index is 473. The molecule has 110 valence electrons. The van der Waals surface area contributed by atoms with Gasteiger partial charge >= 0.3 is 5.97 Å². The maximum atomic E-state index is 14.1. The van der Waals surface area contributed by atoms with E-state index in [0.717, 1.165) is 25.9 Å². The highest BCUT2D eigenvalue weighted by Gasteiger charge is 2.19. The number of carbonyl (C=O) groups is 1. The lowest BCUT2D eigenvalue weighted by Gasteiger charge is -2.20. The lowest BCUT2D eigenvalue weighted by molar-refractivity contribution is -0.141. The first-order valence-electron chi connectivity index (χ1n) is 7.04. The van der Waals surface area contributed by atoms with Gasteiger partial charge in [0.2, 0.25) is 0 Å². The summed E-state index contributed by atoms with van der Waals surface area (Å²) in [6.07, 6.45) is 2.81. The molecule has 1 heterocycles. The first-order chi connectivity index (χ1) is 9.65. The minimum atomic E-state index is -0.447. The third kappa shape index (κ3) is 3.21. The summed E-state index contributed by atoms with van der Waals surface area (Å²) in [6, 6.07) is 4.58. The van der Waals surface area contributed by atoms with E-state index in [-0.39, 0.29) is 11.8 Å². The van der Waals surface area contributed by atoms with E-state index < -0.39 is 6.04 Å². The van der Waals surface area contributed by atoms with Crippen molar-refractivity contribution in [3.05, 3.63) is 24.0 Å². The van der Waals surface area contributed by atoms with Crippen LogP contribution in [0.15, 0.2) is 18.2 Å². The number of hydrogen-bond acceptors (Lipinski definition) is 4. The molecule has 1 saturated heterocycles. The predicted molar refractivity (Wildman–Crippen MR) is 77.6 cm³/mol. The molecule has 1 fully saturated rings. The average Bonchev–Trinajstić information content (AvgIpc) is 2.98. The highest BCUT2D eigenvalue weighted by Crippen LogP contribution is 2.26. The van der Waals surface area contributed by atoms with E-state index in [9.17, 15) is 9.18 Å². The van der Waals surface area contributed by atoms with Gasteiger partial charge in [-0.1, -0.05) is 6.92 Å². The van der Waals surface area contributed by atoms with Crippen LogP contribution in [-0.4, -0.2) is 32.2 Å². The Kier molecular flexibility index (Phi) is 4.82. The standard InChI is InChI=1S/C15H21FN2O2/c1-3-13(15(19)20-2)17-11-6-7-14(12(16)10-11)18-8-4-5-9-18/h6-7,10,13,17H,3-5,8-9H2,1-2H3. The fraction of sp³-hybridized carbons (Fsp3) is 0.533. The Balaban J connectivity index is 2.10. The molecule has 0 spiro atoms. The molecule has 1 aliphatic heterocycles. The fourth-order valence-corrected chi connectivity index (χ4v) is 2.48. The topological polar surface area (TPSA) is 41.6 Å². The lowest BCUT2D eigenvalue weighted by atomic mass is 10.2. The third-order valence-electron chi connectivity index (χ3n) is 3.63. The van der Waals surface area contributed by atoms with E-state index in [2.05, 4.69) is 10.2 Å². The van der Waals surface area contributed by atoms with Crippen LogP contribution in [0.3, 0.4) is 0 Å². The van der Waals surface area contributed by atoms with E-state index in [1.165, 1.54) is 13.2 Å². The summed E-state index contributed by atoms with van der Waals surface area (Å²) in [5.41, 5.74) is 1.24. The van der Waals surface area contributed by atoms with Crippen molar-refractivity contribution in [3.63, 3.8) is 0 Å². The van der Waals surface area contributed by atoms with Crippen molar-refractivity contribution in [1.29, 1.82) is 0 Å². The zero-order valence-electron chi connectivity index (χ0n) is 12.0. The van der Waals surface area contributed by atoms with Gasteiger partial charge in [0.1, 0.15) is 11.9 Å². The Morgan fingerprint density at radius 1 is 1.45 bits per heavy atom. The van der Waals surface area contributed by atoms with Gasteiger partial charge in [0.15, 0.2) is 0 Å². The summed E-state index contributed by atoms with van der Waals surface area (Å²) in [4.78, 5) is 13.6. The SMILES string of the molecule is CCC(Nc1ccc(N2CCCC2)c(F)c1)C(=O)OC. The summed E-state index contributed by atoms with van der Waals surface area (Å²) in [7, 11) is 1.35. The van der Waals surface area contributed by atoms with Gasteiger partial charge in [-0.3, -0.25) is 0 Å². The second-order valence-corrected chi connectivity index (χ2v) is 4.99. The second kappa shape index (κ2) is 6.59. The van der Waals surface area contributed by atoms with Crippen LogP contribution in [0, 0.1) is 5.82 Å². The number of benzene rings is 1. The summed E-state index contributed by atoms with van der Waals surface area (Å²) in [5, 5.41) is 3.00. The van der Waals surface area contributed by atoms with Crippen LogP contribution in [0.25, 0.3) is 0 Å². The summed E-state index contributed by atoms with van der Waals surface area (Å²) >= 11 is 0. The maximum Gasteiger partial charge on any atom is 0.328 e. The molecule has 0 saturated carbocycles. The number of nitrogens with one attached hydrogen (secondary N) is 1. The Labute approximate surface area is 118 Å². The lowest BCUT2D eigenvalue weighted by Crippen LogP contribution is -2.30. The van der Waals surface area contributed by atoms with Gasteiger partial charge in [0, 0.05) is 18.8 Å². The van der Waals surface area contributed by atoms with Crippen molar-refractivity contribution in [3.8, 4) is 0 Å². The fourth-order valence-electron chi connectivity index (χ4n) is 2.48. The van der Waals surface area contributed by atoms with E-state index in [1.54, 1.807) is 6.07 Å². The predicted octanol–water partition coefficient (Wildman–Crippen LogP) is 2.79. The molecular formula is C15H21FN2O2. The first-order valence-corrected chi connectivity index (χ1v) is 7.04. The zero-order valence-corrected chi connectivity index (χ0v) is 12.0. The number of ether oxygens (including phenoxy) is 1. The summed E-state index contributed by atoms with van der Waals surface area (Å²) in [6.45, 7) is 3.69.